The molecule has 0 saturated carbocycles. The summed E-state index contributed by atoms with van der Waals surface area (Å²) in [6.07, 6.45) is 3.77. The van der Waals surface area contributed by atoms with Gasteiger partial charge >= 0.3 is 6.09 Å². The summed E-state index contributed by atoms with van der Waals surface area (Å²) >= 11 is 0. The number of hydrogen-bond acceptors (Lipinski definition) is 7. The Bertz CT molecular complexity index is 1140. The molecule has 2 aliphatic rings. The Balaban J connectivity index is 0.00000195. The summed E-state index contributed by atoms with van der Waals surface area (Å²) in [7, 11) is 0. The van der Waals surface area contributed by atoms with Crippen molar-refractivity contribution in [2.45, 2.75) is 52.4 Å². The SMILES string of the molecule is CC.CC(=O)NCC1CN(c2ccc(N3CCC(N=N/N=C(\N)c4cccnc4)CC3)c(CF)c2)C(=O)O1. The van der Waals surface area contributed by atoms with Crippen LogP contribution in [-0.2, 0) is 16.2 Å². The number of amidine groups is 1. The van der Waals surface area contributed by atoms with E-state index < -0.39 is 18.9 Å². The highest BCUT2D eigenvalue weighted by Gasteiger charge is 2.33. The summed E-state index contributed by atoms with van der Waals surface area (Å²) in [5, 5.41) is 14.8. The number of piperidine rings is 1. The van der Waals surface area contributed by atoms with Gasteiger partial charge in [-0.2, -0.15) is 5.11 Å². The van der Waals surface area contributed by atoms with Crippen molar-refractivity contribution >= 4 is 29.2 Å². The van der Waals surface area contributed by atoms with Crippen molar-refractivity contribution in [2.75, 3.05) is 36.0 Å². The van der Waals surface area contributed by atoms with E-state index in [4.69, 9.17) is 10.5 Å². The van der Waals surface area contributed by atoms with E-state index in [1.165, 1.54) is 11.8 Å². The van der Waals surface area contributed by atoms with Gasteiger partial charge in [0.25, 0.3) is 0 Å². The second kappa shape index (κ2) is 14.0. The number of carbonyl (C=O) groups is 2. The minimum Gasteiger partial charge on any atom is -0.442 e. The van der Waals surface area contributed by atoms with Crippen LogP contribution in [0.4, 0.5) is 20.6 Å². The second-order valence-corrected chi connectivity index (χ2v) is 8.65. The monoisotopic (exact) mass is 526 g/mol. The van der Waals surface area contributed by atoms with Gasteiger partial charge in [0, 0.05) is 54.9 Å². The third-order valence-electron chi connectivity index (χ3n) is 6.10. The first-order chi connectivity index (χ1) is 18.4. The molecule has 204 valence electrons. The van der Waals surface area contributed by atoms with E-state index in [2.05, 4.69) is 30.6 Å². The second-order valence-electron chi connectivity index (χ2n) is 8.65. The van der Waals surface area contributed by atoms with Crippen LogP contribution < -0.4 is 20.9 Å². The smallest absolute Gasteiger partial charge is 0.414 e. The first kappa shape index (κ1) is 28.5. The number of aromatic nitrogens is 1. The lowest BCUT2D eigenvalue weighted by molar-refractivity contribution is -0.119. The zero-order valence-corrected chi connectivity index (χ0v) is 22.0. The van der Waals surface area contributed by atoms with Crippen LogP contribution in [0.5, 0.6) is 0 Å². The predicted octanol–water partition coefficient (Wildman–Crippen LogP) is 3.78. The Hall–Kier alpha value is -4.09. The largest absolute Gasteiger partial charge is 0.442 e. The summed E-state index contributed by atoms with van der Waals surface area (Å²) in [6, 6.07) is 8.87. The van der Waals surface area contributed by atoms with Crippen LogP contribution in [0.2, 0.25) is 0 Å². The molecule has 2 saturated heterocycles. The van der Waals surface area contributed by atoms with Gasteiger partial charge in [0.1, 0.15) is 12.8 Å². The lowest BCUT2D eigenvalue weighted by Gasteiger charge is -2.33. The van der Waals surface area contributed by atoms with Gasteiger partial charge in [-0.25, -0.2) is 9.18 Å². The van der Waals surface area contributed by atoms with E-state index in [1.807, 2.05) is 19.9 Å². The average molecular weight is 527 g/mol. The minimum absolute atomic E-state index is 0.000265. The van der Waals surface area contributed by atoms with Gasteiger partial charge in [-0.1, -0.05) is 13.8 Å². The molecule has 12 heteroatoms. The molecule has 3 heterocycles. The number of halogens is 1. The quantitative estimate of drug-likeness (QED) is 0.232. The number of hydrogen-bond donors (Lipinski definition) is 2. The highest BCUT2D eigenvalue weighted by atomic mass is 19.1. The molecule has 2 aliphatic heterocycles. The number of cyclic esters (lactones) is 1. The van der Waals surface area contributed by atoms with E-state index in [0.717, 1.165) is 18.5 Å². The van der Waals surface area contributed by atoms with Gasteiger partial charge in [0.05, 0.1) is 19.1 Å². The number of carbonyl (C=O) groups excluding carboxylic acids is 2. The molecule has 0 spiro atoms. The third-order valence-corrected chi connectivity index (χ3v) is 6.10. The molecule has 2 aromatic rings. The van der Waals surface area contributed by atoms with Gasteiger partial charge < -0.3 is 20.7 Å². The van der Waals surface area contributed by atoms with Crippen molar-refractivity contribution < 1.29 is 18.7 Å². The first-order valence-corrected chi connectivity index (χ1v) is 12.7. The fraction of sp³-hybridized carbons (Fsp3) is 0.462. The third kappa shape index (κ3) is 7.46. The van der Waals surface area contributed by atoms with E-state index in [0.29, 0.717) is 29.9 Å². The highest BCUT2D eigenvalue weighted by molar-refractivity contribution is 5.96. The predicted molar refractivity (Wildman–Crippen MR) is 144 cm³/mol. The van der Waals surface area contributed by atoms with Gasteiger partial charge in [0.2, 0.25) is 5.91 Å². The Morgan fingerprint density at radius 3 is 2.68 bits per heavy atom. The molecule has 11 nitrogen and oxygen atoms in total. The van der Waals surface area contributed by atoms with Crippen LogP contribution in [0.3, 0.4) is 0 Å². The Labute approximate surface area is 222 Å². The maximum Gasteiger partial charge on any atom is 0.414 e. The van der Waals surface area contributed by atoms with Gasteiger partial charge in [-0.15, -0.1) is 5.10 Å². The molecule has 0 aliphatic carbocycles. The van der Waals surface area contributed by atoms with E-state index in [1.54, 1.807) is 36.7 Å². The molecule has 0 radical (unpaired) electrons. The summed E-state index contributed by atoms with van der Waals surface area (Å²) in [5.74, 6) is 0.0562. The Morgan fingerprint density at radius 1 is 1.26 bits per heavy atom. The van der Waals surface area contributed by atoms with Gasteiger partial charge in [-0.3, -0.25) is 14.7 Å². The Kier molecular flexibility index (Phi) is 10.5. The maximum atomic E-state index is 14.0. The average Bonchev–Trinajstić information content (AvgIpc) is 3.33. The number of pyridine rings is 1. The van der Waals surface area contributed by atoms with Crippen LogP contribution in [0.15, 0.2) is 58.2 Å². The van der Waals surface area contributed by atoms with Crippen LogP contribution in [0.1, 0.15) is 44.7 Å². The number of nitrogens with two attached hydrogens (primary N) is 1. The molecule has 38 heavy (non-hydrogen) atoms. The highest BCUT2D eigenvalue weighted by Crippen LogP contribution is 2.31. The number of amides is 2. The van der Waals surface area contributed by atoms with Crippen molar-refractivity contribution in [1.82, 2.24) is 10.3 Å². The van der Waals surface area contributed by atoms with Crippen molar-refractivity contribution in [1.29, 1.82) is 0 Å². The molecule has 2 fully saturated rings. The Morgan fingerprint density at radius 2 is 2.03 bits per heavy atom. The summed E-state index contributed by atoms with van der Waals surface area (Å²) in [5.41, 5.74) is 8.44. The molecule has 2 amide bonds. The zero-order chi connectivity index (χ0) is 27.5. The fourth-order valence-corrected chi connectivity index (χ4v) is 4.19. The van der Waals surface area contributed by atoms with Crippen molar-refractivity contribution in [3.05, 3.63) is 53.9 Å². The normalized spacial score (nSPS) is 18.3. The molecule has 1 aromatic heterocycles. The van der Waals surface area contributed by atoms with Crippen LogP contribution in [-0.4, -0.2) is 61.1 Å². The fourth-order valence-electron chi connectivity index (χ4n) is 4.19. The molecule has 1 unspecified atom stereocenters. The van der Waals surface area contributed by atoms with Crippen molar-refractivity contribution in [2.24, 2.45) is 21.2 Å². The summed E-state index contributed by atoms with van der Waals surface area (Å²) in [6.45, 7) is 6.63. The van der Waals surface area contributed by atoms with E-state index >= 15 is 0 Å². The maximum absolute atomic E-state index is 14.0. The molecular formula is C26H35FN8O3. The molecule has 3 N–H and O–H groups in total. The molecule has 1 aromatic carbocycles. The van der Waals surface area contributed by atoms with E-state index in [9.17, 15) is 14.0 Å². The van der Waals surface area contributed by atoms with E-state index in [-0.39, 0.29) is 30.9 Å². The van der Waals surface area contributed by atoms with Crippen molar-refractivity contribution in [3.8, 4) is 0 Å². The van der Waals surface area contributed by atoms with Gasteiger partial charge in [0.15, 0.2) is 5.84 Å². The molecule has 4 rings (SSSR count). The number of nitrogens with zero attached hydrogens (tertiary/aromatic N) is 6. The standard InChI is InChI=1S/C24H29FN8O3.C2H6/c1-16(34)28-14-21-15-33(24(35)36-21)20-4-5-22(18(11-20)12-25)32-9-6-19(7-10-32)29-31-30-23(26)17-3-2-8-27-13-17;1-2/h2-5,8,11,13,19,21H,6-7,9-10,12,14-15H2,1H3,(H,28,34)(H2,26,29,30);1-2H3. The van der Waals surface area contributed by atoms with Crippen LogP contribution >= 0.6 is 0 Å². The number of alkyl halides is 1. The summed E-state index contributed by atoms with van der Waals surface area (Å²) in [4.78, 5) is 31.0. The molecule has 1 atom stereocenters. The number of nitrogens with one attached hydrogen (secondary N) is 1. The minimum atomic E-state index is -0.663. The van der Waals surface area contributed by atoms with Crippen LogP contribution in [0.25, 0.3) is 0 Å². The lowest BCUT2D eigenvalue weighted by Crippen LogP contribution is -2.36. The molecule has 0 bridgehead atoms. The first-order valence-electron chi connectivity index (χ1n) is 12.7. The number of ether oxygens (including phenoxy) is 1. The zero-order valence-electron chi connectivity index (χ0n) is 22.0. The molecular weight excluding hydrogens is 491 g/mol. The van der Waals surface area contributed by atoms with Crippen LogP contribution in [0, 0.1) is 0 Å². The van der Waals surface area contributed by atoms with Gasteiger partial charge in [-0.05, 0) is 48.4 Å². The lowest BCUT2D eigenvalue weighted by atomic mass is 10.0. The summed E-state index contributed by atoms with van der Waals surface area (Å²) < 4.78 is 19.3. The number of benzene rings is 1. The van der Waals surface area contributed by atoms with Crippen molar-refractivity contribution in [3.63, 3.8) is 0 Å². The number of anilines is 2. The topological polar surface area (TPSA) is 138 Å². The number of rotatable bonds is 8.